The molecule has 0 amide bonds. The predicted molar refractivity (Wildman–Crippen MR) is 78.9 cm³/mol. The molecule has 0 atom stereocenters. The maximum absolute atomic E-state index is 5.74. The third-order valence-electron chi connectivity index (χ3n) is 3.01. The third-order valence-corrected chi connectivity index (χ3v) is 3.01. The van der Waals surface area contributed by atoms with Gasteiger partial charge in [0.25, 0.3) is 5.89 Å². The molecule has 0 aliphatic rings. The fourth-order valence-electron chi connectivity index (χ4n) is 1.95. The van der Waals surface area contributed by atoms with E-state index >= 15 is 0 Å². The summed E-state index contributed by atoms with van der Waals surface area (Å²) >= 11 is 0. The van der Waals surface area contributed by atoms with E-state index in [0.717, 1.165) is 5.56 Å². The second kappa shape index (κ2) is 5.75. The summed E-state index contributed by atoms with van der Waals surface area (Å²) in [5.41, 5.74) is 2.77. The molecule has 2 aromatic heterocycles. The summed E-state index contributed by atoms with van der Waals surface area (Å²) in [6.45, 7) is 4.47. The topological polar surface area (TPSA) is 61.0 Å². The van der Waals surface area contributed by atoms with E-state index < -0.39 is 0 Å². The Morgan fingerprint density at radius 1 is 1.05 bits per heavy atom. The molecule has 0 radical (unpaired) electrons. The molecule has 3 aromatic rings. The molecule has 5 nitrogen and oxygen atoms in total. The fourth-order valence-corrected chi connectivity index (χ4v) is 1.95. The average molecular weight is 281 g/mol. The summed E-state index contributed by atoms with van der Waals surface area (Å²) < 4.78 is 11.2. The van der Waals surface area contributed by atoms with E-state index in [-0.39, 0.29) is 0 Å². The highest BCUT2D eigenvalue weighted by Crippen LogP contribution is 2.29. The molecular weight excluding hydrogens is 266 g/mol. The van der Waals surface area contributed by atoms with E-state index in [0.29, 0.717) is 29.8 Å². The predicted octanol–water partition coefficient (Wildman–Crippen LogP) is 3.51. The van der Waals surface area contributed by atoms with Crippen molar-refractivity contribution in [3.05, 3.63) is 48.2 Å². The Balaban J connectivity index is 1.97. The normalized spacial score (nSPS) is 10.6. The molecule has 1 aromatic carbocycles. The number of hydrogen-bond acceptors (Lipinski definition) is 5. The van der Waals surface area contributed by atoms with Gasteiger partial charge in [-0.25, -0.2) is 4.98 Å². The van der Waals surface area contributed by atoms with Crippen molar-refractivity contribution in [1.29, 1.82) is 0 Å². The first-order valence-electron chi connectivity index (χ1n) is 6.76. The van der Waals surface area contributed by atoms with Gasteiger partial charge in [-0.15, -0.1) is 10.2 Å². The van der Waals surface area contributed by atoms with Crippen LogP contribution in [0.1, 0.15) is 12.5 Å². The standard InChI is InChI=1S/C16H15N3O2/c1-3-20-15-13(5-4-10-17-15)16-19-18-14(21-16)12-8-6-11(2)7-9-12/h4-10H,3H2,1-2H3. The van der Waals surface area contributed by atoms with Gasteiger partial charge in [0.1, 0.15) is 5.56 Å². The van der Waals surface area contributed by atoms with Gasteiger partial charge in [-0.1, -0.05) is 17.7 Å². The zero-order chi connectivity index (χ0) is 14.7. The Morgan fingerprint density at radius 3 is 2.57 bits per heavy atom. The van der Waals surface area contributed by atoms with Crippen molar-refractivity contribution in [2.45, 2.75) is 13.8 Å². The van der Waals surface area contributed by atoms with E-state index in [1.807, 2.05) is 50.2 Å². The Kier molecular flexibility index (Phi) is 3.64. The van der Waals surface area contributed by atoms with E-state index in [9.17, 15) is 0 Å². The van der Waals surface area contributed by atoms with Crippen molar-refractivity contribution in [1.82, 2.24) is 15.2 Å². The highest BCUT2D eigenvalue weighted by atomic mass is 16.5. The van der Waals surface area contributed by atoms with Gasteiger partial charge >= 0.3 is 0 Å². The molecule has 0 bridgehead atoms. The van der Waals surface area contributed by atoms with E-state index in [1.54, 1.807) is 6.20 Å². The zero-order valence-electron chi connectivity index (χ0n) is 11.9. The Hall–Kier alpha value is -2.69. The highest BCUT2D eigenvalue weighted by Gasteiger charge is 2.15. The molecule has 0 unspecified atom stereocenters. The minimum Gasteiger partial charge on any atom is -0.477 e. The number of rotatable bonds is 4. The van der Waals surface area contributed by atoms with Crippen LogP contribution < -0.4 is 4.74 Å². The summed E-state index contributed by atoms with van der Waals surface area (Å²) in [7, 11) is 0. The summed E-state index contributed by atoms with van der Waals surface area (Å²) in [6, 6.07) is 11.6. The molecule has 0 spiro atoms. The van der Waals surface area contributed by atoms with Crippen LogP contribution in [0.3, 0.4) is 0 Å². The second-order valence-electron chi connectivity index (χ2n) is 4.57. The SMILES string of the molecule is CCOc1ncccc1-c1nnc(-c2ccc(C)cc2)o1. The number of benzene rings is 1. The van der Waals surface area contributed by atoms with E-state index in [1.165, 1.54) is 5.56 Å². The number of ether oxygens (including phenoxy) is 1. The van der Waals surface area contributed by atoms with E-state index in [2.05, 4.69) is 15.2 Å². The molecule has 0 fully saturated rings. The first kappa shape index (κ1) is 13.3. The lowest BCUT2D eigenvalue weighted by molar-refractivity contribution is 0.327. The molecule has 21 heavy (non-hydrogen) atoms. The molecule has 106 valence electrons. The van der Waals surface area contributed by atoms with Crippen molar-refractivity contribution < 1.29 is 9.15 Å². The third kappa shape index (κ3) is 2.76. The van der Waals surface area contributed by atoms with Gasteiger partial charge in [0.15, 0.2) is 0 Å². The van der Waals surface area contributed by atoms with E-state index in [4.69, 9.17) is 9.15 Å². The number of nitrogens with zero attached hydrogens (tertiary/aromatic N) is 3. The van der Waals surface area contributed by atoms with Crippen molar-refractivity contribution in [2.75, 3.05) is 6.61 Å². The van der Waals surface area contributed by atoms with Gasteiger partial charge in [0, 0.05) is 11.8 Å². The lowest BCUT2D eigenvalue weighted by Crippen LogP contribution is -1.96. The number of aryl methyl sites for hydroxylation is 1. The van der Waals surface area contributed by atoms with Crippen LogP contribution in [0.15, 0.2) is 47.0 Å². The summed E-state index contributed by atoms with van der Waals surface area (Å²) in [4.78, 5) is 4.19. The highest BCUT2D eigenvalue weighted by molar-refractivity contribution is 5.62. The van der Waals surface area contributed by atoms with Crippen LogP contribution in [0.25, 0.3) is 22.9 Å². The largest absolute Gasteiger partial charge is 0.477 e. The molecule has 0 saturated heterocycles. The monoisotopic (exact) mass is 281 g/mol. The minimum atomic E-state index is 0.405. The number of hydrogen-bond donors (Lipinski definition) is 0. The molecule has 2 heterocycles. The first-order valence-corrected chi connectivity index (χ1v) is 6.76. The average Bonchev–Trinajstić information content (AvgIpc) is 2.99. The minimum absolute atomic E-state index is 0.405. The van der Waals surface area contributed by atoms with Gasteiger partial charge in [0.2, 0.25) is 11.8 Å². The summed E-state index contributed by atoms with van der Waals surface area (Å²) in [5.74, 6) is 1.39. The fraction of sp³-hybridized carbons (Fsp3) is 0.188. The zero-order valence-corrected chi connectivity index (χ0v) is 11.9. The smallest absolute Gasteiger partial charge is 0.253 e. The van der Waals surface area contributed by atoms with Gasteiger partial charge in [-0.2, -0.15) is 0 Å². The molecule has 3 rings (SSSR count). The van der Waals surface area contributed by atoms with Crippen LogP contribution in [-0.2, 0) is 0 Å². The van der Waals surface area contributed by atoms with Crippen molar-refractivity contribution >= 4 is 0 Å². The van der Waals surface area contributed by atoms with Crippen LogP contribution in [0.2, 0.25) is 0 Å². The summed E-state index contributed by atoms with van der Waals surface area (Å²) in [6.07, 6.45) is 1.67. The van der Waals surface area contributed by atoms with Crippen LogP contribution in [0.4, 0.5) is 0 Å². The molecule has 5 heteroatoms. The van der Waals surface area contributed by atoms with Crippen molar-refractivity contribution in [3.63, 3.8) is 0 Å². The van der Waals surface area contributed by atoms with Crippen molar-refractivity contribution in [3.8, 4) is 28.8 Å². The van der Waals surface area contributed by atoms with Gasteiger partial charge in [-0.05, 0) is 38.1 Å². The Morgan fingerprint density at radius 2 is 1.81 bits per heavy atom. The number of pyridine rings is 1. The molecule has 0 aliphatic heterocycles. The van der Waals surface area contributed by atoms with Crippen LogP contribution in [-0.4, -0.2) is 21.8 Å². The van der Waals surface area contributed by atoms with Crippen LogP contribution in [0, 0.1) is 6.92 Å². The second-order valence-corrected chi connectivity index (χ2v) is 4.57. The first-order chi connectivity index (χ1) is 10.3. The van der Waals surface area contributed by atoms with Crippen LogP contribution >= 0.6 is 0 Å². The lowest BCUT2D eigenvalue weighted by atomic mass is 10.1. The van der Waals surface area contributed by atoms with Crippen LogP contribution in [0.5, 0.6) is 5.88 Å². The quantitative estimate of drug-likeness (QED) is 0.732. The van der Waals surface area contributed by atoms with Gasteiger partial charge in [0.05, 0.1) is 6.61 Å². The molecule has 0 N–H and O–H groups in total. The maximum atomic E-state index is 5.74. The summed E-state index contributed by atoms with van der Waals surface area (Å²) in [5, 5.41) is 8.19. The molecule has 0 saturated carbocycles. The van der Waals surface area contributed by atoms with Crippen molar-refractivity contribution in [2.24, 2.45) is 0 Å². The maximum Gasteiger partial charge on any atom is 0.253 e. The molecule has 0 aliphatic carbocycles. The Bertz CT molecular complexity index is 735. The lowest BCUT2D eigenvalue weighted by Gasteiger charge is -2.04. The molecular formula is C16H15N3O2. The van der Waals surface area contributed by atoms with Gasteiger partial charge < -0.3 is 9.15 Å². The Labute approximate surface area is 122 Å². The number of aromatic nitrogens is 3. The van der Waals surface area contributed by atoms with Gasteiger partial charge in [-0.3, -0.25) is 0 Å².